The van der Waals surface area contributed by atoms with Crippen molar-refractivity contribution in [1.29, 1.82) is 0 Å². The van der Waals surface area contributed by atoms with Crippen LogP contribution in [0.15, 0.2) is 53.5 Å². The number of aromatic nitrogens is 4. The third-order valence-corrected chi connectivity index (χ3v) is 3.13. The molecule has 7 nitrogen and oxygen atoms in total. The zero-order valence-electron chi connectivity index (χ0n) is 11.8. The lowest BCUT2D eigenvalue weighted by molar-refractivity contribution is 0.102. The van der Waals surface area contributed by atoms with Crippen LogP contribution in [0.4, 0.5) is 5.69 Å². The van der Waals surface area contributed by atoms with Crippen LogP contribution in [-0.4, -0.2) is 25.9 Å². The van der Waals surface area contributed by atoms with Crippen molar-refractivity contribution in [3.63, 3.8) is 0 Å². The van der Waals surface area contributed by atoms with Crippen molar-refractivity contribution in [3.05, 3.63) is 64.7 Å². The van der Waals surface area contributed by atoms with E-state index >= 15 is 0 Å². The molecule has 110 valence electrons. The summed E-state index contributed by atoms with van der Waals surface area (Å²) in [6.45, 7) is 0. The fourth-order valence-electron chi connectivity index (χ4n) is 2.00. The number of hydrogen-bond acceptors (Lipinski definition) is 4. The molecule has 0 aliphatic rings. The monoisotopic (exact) mass is 295 g/mol. The van der Waals surface area contributed by atoms with E-state index in [1.54, 1.807) is 12.3 Å². The Morgan fingerprint density at radius 3 is 2.82 bits per heavy atom. The first-order valence-electron chi connectivity index (χ1n) is 6.59. The summed E-state index contributed by atoms with van der Waals surface area (Å²) >= 11 is 0. The fourth-order valence-corrected chi connectivity index (χ4v) is 2.00. The van der Waals surface area contributed by atoms with Gasteiger partial charge >= 0.3 is 0 Å². The molecule has 0 aliphatic carbocycles. The number of amides is 1. The molecule has 22 heavy (non-hydrogen) atoms. The molecule has 0 aliphatic heterocycles. The fraction of sp³-hybridized carbons (Fsp3) is 0.0667. The van der Waals surface area contributed by atoms with Crippen molar-refractivity contribution in [1.82, 2.24) is 20.0 Å². The molecule has 0 saturated heterocycles. The molecule has 1 amide bonds. The minimum absolute atomic E-state index is 0.175. The van der Waals surface area contributed by atoms with Gasteiger partial charge in [0.25, 0.3) is 11.5 Å². The van der Waals surface area contributed by atoms with E-state index in [0.29, 0.717) is 5.69 Å². The van der Waals surface area contributed by atoms with Gasteiger partial charge in [-0.3, -0.25) is 14.7 Å². The molecule has 0 unspecified atom stereocenters. The highest BCUT2D eigenvalue weighted by Gasteiger charge is 2.09. The highest BCUT2D eigenvalue weighted by molar-refractivity contribution is 6.02. The normalized spacial score (nSPS) is 10.4. The Bertz CT molecular complexity index is 868. The van der Waals surface area contributed by atoms with Gasteiger partial charge < -0.3 is 5.32 Å². The van der Waals surface area contributed by atoms with Gasteiger partial charge in [0.05, 0.1) is 5.69 Å². The Hall–Kier alpha value is -3.22. The van der Waals surface area contributed by atoms with E-state index in [1.807, 2.05) is 24.3 Å². The number of carbonyl (C=O) groups excluding carboxylic acids is 1. The molecule has 0 atom stereocenters. The van der Waals surface area contributed by atoms with Crippen molar-refractivity contribution in [2.45, 2.75) is 0 Å². The molecule has 2 heterocycles. The lowest BCUT2D eigenvalue weighted by atomic mass is 10.1. The zero-order chi connectivity index (χ0) is 15.5. The SMILES string of the molecule is Cn1nc(C(=O)Nc2cccc(-c3ccn[nH]3)c2)ccc1=O. The number of nitrogens with one attached hydrogen (secondary N) is 2. The maximum Gasteiger partial charge on any atom is 0.276 e. The zero-order valence-corrected chi connectivity index (χ0v) is 11.8. The Labute approximate surface area is 125 Å². The lowest BCUT2D eigenvalue weighted by Gasteiger charge is -2.07. The van der Waals surface area contributed by atoms with E-state index in [2.05, 4.69) is 20.6 Å². The minimum Gasteiger partial charge on any atom is -0.321 e. The van der Waals surface area contributed by atoms with E-state index in [9.17, 15) is 9.59 Å². The van der Waals surface area contributed by atoms with E-state index in [4.69, 9.17) is 0 Å². The summed E-state index contributed by atoms with van der Waals surface area (Å²) in [4.78, 5) is 23.5. The predicted octanol–water partition coefficient (Wildman–Crippen LogP) is 1.42. The summed E-state index contributed by atoms with van der Waals surface area (Å²) in [5.74, 6) is -0.377. The van der Waals surface area contributed by atoms with Crippen LogP contribution in [0.25, 0.3) is 11.3 Å². The summed E-state index contributed by atoms with van der Waals surface area (Å²) in [6.07, 6.45) is 1.66. The van der Waals surface area contributed by atoms with E-state index in [-0.39, 0.29) is 17.2 Å². The van der Waals surface area contributed by atoms with Crippen molar-refractivity contribution in [3.8, 4) is 11.3 Å². The van der Waals surface area contributed by atoms with Crippen LogP contribution >= 0.6 is 0 Å². The van der Waals surface area contributed by atoms with Gasteiger partial charge in [0.15, 0.2) is 0 Å². The third-order valence-electron chi connectivity index (χ3n) is 3.13. The first-order valence-corrected chi connectivity index (χ1v) is 6.59. The molecule has 0 spiro atoms. The van der Waals surface area contributed by atoms with Crippen molar-refractivity contribution in [2.24, 2.45) is 7.05 Å². The molecule has 0 saturated carbocycles. The van der Waals surface area contributed by atoms with Crippen molar-refractivity contribution >= 4 is 11.6 Å². The van der Waals surface area contributed by atoms with Gasteiger partial charge in [-0.15, -0.1) is 0 Å². The van der Waals surface area contributed by atoms with E-state index in [1.165, 1.54) is 19.2 Å². The van der Waals surface area contributed by atoms with Crippen LogP contribution in [0.2, 0.25) is 0 Å². The van der Waals surface area contributed by atoms with Crippen LogP contribution in [0.1, 0.15) is 10.5 Å². The minimum atomic E-state index is -0.377. The number of rotatable bonds is 3. The number of carbonyl (C=O) groups is 1. The second-order valence-corrected chi connectivity index (χ2v) is 4.69. The first-order chi connectivity index (χ1) is 10.6. The molecule has 0 fully saturated rings. The molecule has 7 heteroatoms. The summed E-state index contributed by atoms with van der Waals surface area (Å²) in [6, 6.07) is 11.9. The number of anilines is 1. The number of benzene rings is 1. The van der Waals surface area contributed by atoms with Gasteiger partial charge in [-0.25, -0.2) is 4.68 Å². The van der Waals surface area contributed by atoms with E-state index < -0.39 is 0 Å². The average molecular weight is 295 g/mol. The predicted molar refractivity (Wildman–Crippen MR) is 81.5 cm³/mol. The molecule has 0 radical (unpaired) electrons. The summed E-state index contributed by atoms with van der Waals surface area (Å²) in [7, 11) is 1.50. The molecular weight excluding hydrogens is 282 g/mol. The molecule has 2 N–H and O–H groups in total. The standard InChI is InChI=1S/C15H13N5O2/c1-20-14(21)6-5-13(19-20)15(22)17-11-4-2-3-10(9-11)12-7-8-16-18-12/h2-9H,1H3,(H,16,18)(H,17,22). The number of aryl methyl sites for hydroxylation is 1. The summed E-state index contributed by atoms with van der Waals surface area (Å²) < 4.78 is 1.12. The lowest BCUT2D eigenvalue weighted by Crippen LogP contribution is -2.23. The Balaban J connectivity index is 1.83. The van der Waals surface area contributed by atoms with Crippen LogP contribution in [0, 0.1) is 0 Å². The van der Waals surface area contributed by atoms with Gasteiger partial charge in [-0.1, -0.05) is 12.1 Å². The molecule has 0 bridgehead atoms. The van der Waals surface area contributed by atoms with Crippen molar-refractivity contribution < 1.29 is 4.79 Å². The first kappa shape index (κ1) is 13.7. The van der Waals surface area contributed by atoms with Gasteiger partial charge in [0.2, 0.25) is 0 Å². The van der Waals surface area contributed by atoms with Crippen LogP contribution in [0.3, 0.4) is 0 Å². The van der Waals surface area contributed by atoms with Gasteiger partial charge in [-0.05, 0) is 24.3 Å². The largest absolute Gasteiger partial charge is 0.321 e. The van der Waals surface area contributed by atoms with Gasteiger partial charge in [-0.2, -0.15) is 10.2 Å². The highest BCUT2D eigenvalue weighted by Crippen LogP contribution is 2.20. The Morgan fingerprint density at radius 1 is 1.23 bits per heavy atom. The Kier molecular flexibility index (Phi) is 3.53. The molecular formula is C15H13N5O2. The second kappa shape index (κ2) is 5.65. The number of hydrogen-bond donors (Lipinski definition) is 2. The van der Waals surface area contributed by atoms with Crippen LogP contribution < -0.4 is 10.9 Å². The average Bonchev–Trinajstić information content (AvgIpc) is 3.04. The third kappa shape index (κ3) is 2.78. The number of aromatic amines is 1. The second-order valence-electron chi connectivity index (χ2n) is 4.69. The van der Waals surface area contributed by atoms with Crippen LogP contribution in [0.5, 0.6) is 0 Å². The molecule has 3 rings (SSSR count). The van der Waals surface area contributed by atoms with Crippen molar-refractivity contribution in [2.75, 3.05) is 5.32 Å². The Morgan fingerprint density at radius 2 is 2.09 bits per heavy atom. The maximum atomic E-state index is 12.2. The quantitative estimate of drug-likeness (QED) is 0.764. The maximum absolute atomic E-state index is 12.2. The molecule has 2 aromatic heterocycles. The summed E-state index contributed by atoms with van der Waals surface area (Å²) in [5, 5.41) is 13.4. The topological polar surface area (TPSA) is 92.7 Å². The smallest absolute Gasteiger partial charge is 0.276 e. The number of H-pyrrole nitrogens is 1. The molecule has 1 aromatic carbocycles. The van der Waals surface area contributed by atoms with Gasteiger partial charge in [0.1, 0.15) is 5.69 Å². The highest BCUT2D eigenvalue weighted by atomic mass is 16.2. The van der Waals surface area contributed by atoms with E-state index in [0.717, 1.165) is 15.9 Å². The van der Waals surface area contributed by atoms with Crippen LogP contribution in [-0.2, 0) is 7.05 Å². The number of nitrogens with zero attached hydrogens (tertiary/aromatic N) is 3. The summed E-state index contributed by atoms with van der Waals surface area (Å²) in [5.41, 5.74) is 2.31. The molecule has 3 aromatic rings. The van der Waals surface area contributed by atoms with Gasteiger partial charge in [0, 0.05) is 30.6 Å².